The van der Waals surface area contributed by atoms with Crippen molar-refractivity contribution >= 4 is 22.6 Å². The van der Waals surface area contributed by atoms with Crippen molar-refractivity contribution in [3.05, 3.63) is 38.2 Å². The molecule has 0 amide bonds. The average Bonchev–Trinajstić information content (AvgIpc) is 2.26. The van der Waals surface area contributed by atoms with Gasteiger partial charge in [0.15, 0.2) is 5.82 Å². The van der Waals surface area contributed by atoms with Gasteiger partial charge < -0.3 is 4.98 Å². The van der Waals surface area contributed by atoms with Crippen LogP contribution in [0.4, 0.5) is 0 Å². The van der Waals surface area contributed by atoms with E-state index >= 15 is 0 Å². The number of halogens is 1. The van der Waals surface area contributed by atoms with Crippen LogP contribution in [-0.2, 0) is 0 Å². The first-order valence-electron chi connectivity index (χ1n) is 4.21. The molecule has 2 aromatic rings. The summed E-state index contributed by atoms with van der Waals surface area (Å²) in [4.78, 5) is 26.2. The first-order chi connectivity index (χ1) is 7.18. The molecule has 0 spiro atoms. The van der Waals surface area contributed by atoms with Gasteiger partial charge in [0.05, 0.1) is 9.26 Å². The fourth-order valence-corrected chi connectivity index (χ4v) is 1.38. The molecule has 0 atom stereocenters. The van der Waals surface area contributed by atoms with Crippen molar-refractivity contribution < 1.29 is 0 Å². The highest BCUT2D eigenvalue weighted by molar-refractivity contribution is 14.1. The fourth-order valence-electron chi connectivity index (χ4n) is 1.12. The van der Waals surface area contributed by atoms with Gasteiger partial charge in [-0.25, -0.2) is 15.0 Å². The number of nitrogens with zero attached hydrogens (tertiary/aromatic N) is 3. The molecule has 2 rings (SSSR count). The van der Waals surface area contributed by atoms with Crippen molar-refractivity contribution in [2.75, 3.05) is 0 Å². The van der Waals surface area contributed by atoms with Gasteiger partial charge in [-0.05, 0) is 35.6 Å². The first kappa shape index (κ1) is 10.2. The number of aryl methyl sites for hydroxylation is 1. The van der Waals surface area contributed by atoms with Gasteiger partial charge in [-0.2, -0.15) is 0 Å². The minimum Gasteiger partial charge on any atom is -0.304 e. The first-order valence-corrected chi connectivity index (χ1v) is 5.29. The molecule has 0 aliphatic rings. The number of rotatable bonds is 1. The Morgan fingerprint density at radius 3 is 2.87 bits per heavy atom. The summed E-state index contributed by atoms with van der Waals surface area (Å²) < 4.78 is 0.602. The van der Waals surface area contributed by atoms with Crippen LogP contribution in [0.3, 0.4) is 0 Å². The number of hydrogen-bond donors (Lipinski definition) is 1. The lowest BCUT2D eigenvalue weighted by Gasteiger charge is -2.01. The highest BCUT2D eigenvalue weighted by atomic mass is 127. The molecule has 2 heterocycles. The van der Waals surface area contributed by atoms with E-state index in [1.807, 2.05) is 22.6 Å². The molecule has 0 aliphatic heterocycles. The van der Waals surface area contributed by atoms with Crippen LogP contribution in [0.15, 0.2) is 23.4 Å². The van der Waals surface area contributed by atoms with Crippen molar-refractivity contribution in [3.8, 4) is 11.5 Å². The van der Waals surface area contributed by atoms with Crippen LogP contribution >= 0.6 is 22.6 Å². The van der Waals surface area contributed by atoms with E-state index < -0.39 is 0 Å². The van der Waals surface area contributed by atoms with Gasteiger partial charge in [0.2, 0.25) is 0 Å². The van der Waals surface area contributed by atoms with E-state index in [1.165, 1.54) is 6.33 Å². The Kier molecular flexibility index (Phi) is 2.76. The van der Waals surface area contributed by atoms with Gasteiger partial charge in [-0.3, -0.25) is 4.79 Å². The van der Waals surface area contributed by atoms with E-state index in [2.05, 4.69) is 19.9 Å². The van der Waals surface area contributed by atoms with E-state index in [1.54, 1.807) is 19.2 Å². The van der Waals surface area contributed by atoms with Gasteiger partial charge in [0.25, 0.3) is 5.56 Å². The molecular formula is C9H7IN4O. The quantitative estimate of drug-likeness (QED) is 0.801. The predicted octanol–water partition coefficient (Wildman–Crippen LogP) is 1.14. The van der Waals surface area contributed by atoms with Crippen LogP contribution in [0.5, 0.6) is 0 Å². The maximum Gasteiger partial charge on any atom is 0.264 e. The summed E-state index contributed by atoms with van der Waals surface area (Å²) in [5, 5.41) is 0. The molecule has 0 unspecified atom stereocenters. The standard InChI is InChI=1S/C9H7IN4O/c1-5-7(10)9(15)14-8(13-5)6-2-3-11-4-12-6/h2-4H,1H3,(H,13,14,15). The molecule has 2 aromatic heterocycles. The zero-order chi connectivity index (χ0) is 10.8. The molecule has 1 N–H and O–H groups in total. The number of aromatic amines is 1. The number of H-pyrrole nitrogens is 1. The van der Waals surface area contributed by atoms with Gasteiger partial charge in [-0.15, -0.1) is 0 Å². The Labute approximate surface area is 99.2 Å². The molecule has 6 heteroatoms. The fraction of sp³-hybridized carbons (Fsp3) is 0.111. The predicted molar refractivity (Wildman–Crippen MR) is 63.3 cm³/mol. The summed E-state index contributed by atoms with van der Waals surface area (Å²) in [7, 11) is 0. The topological polar surface area (TPSA) is 71.5 Å². The van der Waals surface area contributed by atoms with Crippen molar-refractivity contribution in [3.63, 3.8) is 0 Å². The van der Waals surface area contributed by atoms with Crippen LogP contribution in [-0.4, -0.2) is 19.9 Å². The maximum absolute atomic E-state index is 11.5. The molecular weight excluding hydrogens is 307 g/mol. The maximum atomic E-state index is 11.5. The molecule has 0 aliphatic carbocycles. The molecule has 0 aromatic carbocycles. The Balaban J connectivity index is 2.61. The smallest absolute Gasteiger partial charge is 0.264 e. The van der Waals surface area contributed by atoms with E-state index in [-0.39, 0.29) is 5.56 Å². The van der Waals surface area contributed by atoms with Gasteiger partial charge >= 0.3 is 0 Å². The Morgan fingerprint density at radius 1 is 1.47 bits per heavy atom. The molecule has 0 saturated carbocycles. The Bertz CT molecular complexity index is 538. The molecule has 5 nitrogen and oxygen atoms in total. The third kappa shape index (κ3) is 2.04. The molecule has 0 fully saturated rings. The van der Waals surface area contributed by atoms with Gasteiger partial charge in [0.1, 0.15) is 12.0 Å². The molecule has 15 heavy (non-hydrogen) atoms. The second-order valence-electron chi connectivity index (χ2n) is 2.91. The second kappa shape index (κ2) is 4.05. The van der Waals surface area contributed by atoms with Crippen molar-refractivity contribution in [2.45, 2.75) is 6.92 Å². The summed E-state index contributed by atoms with van der Waals surface area (Å²) in [6.07, 6.45) is 3.03. The van der Waals surface area contributed by atoms with Gasteiger partial charge in [-0.1, -0.05) is 0 Å². The molecule has 0 radical (unpaired) electrons. The third-order valence-corrected chi connectivity index (χ3v) is 3.12. The number of hydrogen-bond acceptors (Lipinski definition) is 4. The summed E-state index contributed by atoms with van der Waals surface area (Å²) >= 11 is 1.97. The number of aromatic nitrogens is 4. The molecule has 0 saturated heterocycles. The normalized spacial score (nSPS) is 10.3. The lowest BCUT2D eigenvalue weighted by atomic mass is 10.3. The monoisotopic (exact) mass is 314 g/mol. The lowest BCUT2D eigenvalue weighted by molar-refractivity contribution is 1.03. The zero-order valence-corrected chi connectivity index (χ0v) is 10.0. The van der Waals surface area contributed by atoms with E-state index in [0.29, 0.717) is 20.8 Å². The van der Waals surface area contributed by atoms with E-state index in [4.69, 9.17) is 0 Å². The highest BCUT2D eigenvalue weighted by Gasteiger charge is 2.06. The number of nitrogens with one attached hydrogen (secondary N) is 1. The minimum absolute atomic E-state index is 0.142. The van der Waals surface area contributed by atoms with Crippen molar-refractivity contribution in [2.24, 2.45) is 0 Å². The second-order valence-corrected chi connectivity index (χ2v) is 3.99. The minimum atomic E-state index is -0.142. The van der Waals surface area contributed by atoms with E-state index in [0.717, 1.165) is 0 Å². The Morgan fingerprint density at radius 2 is 2.27 bits per heavy atom. The van der Waals surface area contributed by atoms with Crippen molar-refractivity contribution in [1.82, 2.24) is 19.9 Å². The van der Waals surface area contributed by atoms with Crippen molar-refractivity contribution in [1.29, 1.82) is 0 Å². The van der Waals surface area contributed by atoms with Crippen LogP contribution in [0.2, 0.25) is 0 Å². The Hall–Kier alpha value is -1.31. The van der Waals surface area contributed by atoms with Crippen LogP contribution < -0.4 is 5.56 Å². The summed E-state index contributed by atoms with van der Waals surface area (Å²) in [5.41, 5.74) is 1.17. The average molecular weight is 314 g/mol. The molecule has 0 bridgehead atoms. The SMILES string of the molecule is Cc1nc(-c2ccncn2)[nH]c(=O)c1I. The molecule has 76 valence electrons. The lowest BCUT2D eigenvalue weighted by Crippen LogP contribution is -2.14. The van der Waals surface area contributed by atoms with Crippen LogP contribution in [0.1, 0.15) is 5.69 Å². The zero-order valence-electron chi connectivity index (χ0n) is 7.86. The summed E-state index contributed by atoms with van der Waals surface area (Å²) in [6.45, 7) is 1.79. The van der Waals surface area contributed by atoms with E-state index in [9.17, 15) is 4.79 Å². The van der Waals surface area contributed by atoms with Crippen LogP contribution in [0.25, 0.3) is 11.5 Å². The third-order valence-electron chi connectivity index (χ3n) is 1.85. The van der Waals surface area contributed by atoms with Gasteiger partial charge in [0, 0.05) is 6.20 Å². The summed E-state index contributed by atoms with van der Waals surface area (Å²) in [5.74, 6) is 0.473. The largest absolute Gasteiger partial charge is 0.304 e. The summed E-state index contributed by atoms with van der Waals surface area (Å²) in [6, 6.07) is 1.70. The van der Waals surface area contributed by atoms with Crippen LogP contribution in [0, 0.1) is 10.5 Å². The highest BCUT2D eigenvalue weighted by Crippen LogP contribution is 2.10.